The summed E-state index contributed by atoms with van der Waals surface area (Å²) in [7, 11) is 0. The van der Waals surface area contributed by atoms with Gasteiger partial charge in [-0.1, -0.05) is 36.9 Å². The zero-order chi connectivity index (χ0) is 10.9. The average Bonchev–Trinajstić information content (AvgIpc) is 2.26. The minimum atomic E-state index is -0.487. The molecule has 15 heavy (non-hydrogen) atoms. The second-order valence-corrected chi connectivity index (χ2v) is 4.09. The van der Waals surface area contributed by atoms with Gasteiger partial charge in [0.25, 0.3) is 0 Å². The summed E-state index contributed by atoms with van der Waals surface area (Å²) in [5, 5.41) is 0. The minimum absolute atomic E-state index is 0.271. The number of carbonyl (C=O) groups excluding carboxylic acids is 1. The van der Waals surface area contributed by atoms with Crippen molar-refractivity contribution in [3.63, 3.8) is 0 Å². The monoisotopic (exact) mass is 202 g/mol. The highest BCUT2D eigenvalue weighted by Gasteiger charge is 2.35. The van der Waals surface area contributed by atoms with Gasteiger partial charge in [-0.25, -0.2) is 4.79 Å². The van der Waals surface area contributed by atoms with Crippen LogP contribution in [0.4, 0.5) is 0 Å². The topological polar surface area (TPSA) is 26.3 Å². The largest absolute Gasteiger partial charge is 0.451 e. The molecular weight excluding hydrogens is 188 g/mol. The van der Waals surface area contributed by atoms with Crippen molar-refractivity contribution in [1.82, 2.24) is 0 Å². The summed E-state index contributed by atoms with van der Waals surface area (Å²) >= 11 is 0. The summed E-state index contributed by atoms with van der Waals surface area (Å²) in [5.74, 6) is -0.271. The second-order valence-electron chi connectivity index (χ2n) is 4.09. The highest BCUT2D eigenvalue weighted by molar-refractivity contribution is 5.88. The van der Waals surface area contributed by atoms with E-state index >= 15 is 0 Å². The summed E-state index contributed by atoms with van der Waals surface area (Å²) < 4.78 is 5.43. The van der Waals surface area contributed by atoms with Crippen LogP contribution >= 0.6 is 0 Å². The number of hydrogen-bond donors (Lipinski definition) is 0. The van der Waals surface area contributed by atoms with Crippen molar-refractivity contribution in [1.29, 1.82) is 0 Å². The van der Waals surface area contributed by atoms with E-state index in [0.717, 1.165) is 12.0 Å². The Hall–Kier alpha value is -1.57. The molecule has 0 bridgehead atoms. The fourth-order valence-corrected chi connectivity index (χ4v) is 1.81. The lowest BCUT2D eigenvalue weighted by Crippen LogP contribution is -2.34. The third-order valence-corrected chi connectivity index (χ3v) is 2.89. The maximum absolute atomic E-state index is 11.5. The van der Waals surface area contributed by atoms with Gasteiger partial charge >= 0.3 is 5.97 Å². The molecule has 0 spiro atoms. The Morgan fingerprint density at radius 3 is 2.60 bits per heavy atom. The molecule has 1 aromatic rings. The molecule has 0 amide bonds. The van der Waals surface area contributed by atoms with Crippen LogP contribution in [-0.4, -0.2) is 5.97 Å². The minimum Gasteiger partial charge on any atom is -0.451 e. The highest BCUT2D eigenvalue weighted by atomic mass is 16.6. The fraction of sp³-hybridized carbons (Fsp3) is 0.308. The van der Waals surface area contributed by atoms with Crippen molar-refractivity contribution in [2.24, 2.45) is 0 Å². The van der Waals surface area contributed by atoms with Gasteiger partial charge in [-0.15, -0.1) is 0 Å². The average molecular weight is 202 g/mol. The van der Waals surface area contributed by atoms with Crippen LogP contribution in [-0.2, 0) is 15.1 Å². The van der Waals surface area contributed by atoms with Gasteiger partial charge in [-0.05, 0) is 25.3 Å². The molecule has 2 rings (SSSR count). The van der Waals surface area contributed by atoms with Crippen molar-refractivity contribution in [2.45, 2.75) is 25.4 Å². The van der Waals surface area contributed by atoms with Crippen molar-refractivity contribution < 1.29 is 9.53 Å². The van der Waals surface area contributed by atoms with E-state index in [9.17, 15) is 4.79 Å². The number of carbonyl (C=O) groups is 1. The first kappa shape index (κ1) is 9.97. The molecule has 1 fully saturated rings. The highest BCUT2D eigenvalue weighted by Crippen LogP contribution is 2.36. The molecule has 1 heterocycles. The fourth-order valence-electron chi connectivity index (χ4n) is 1.81. The third kappa shape index (κ3) is 1.80. The van der Waals surface area contributed by atoms with E-state index in [0.29, 0.717) is 12.0 Å². The zero-order valence-electron chi connectivity index (χ0n) is 8.82. The lowest BCUT2D eigenvalue weighted by atomic mass is 9.87. The van der Waals surface area contributed by atoms with E-state index in [1.54, 1.807) is 0 Å². The molecule has 78 valence electrons. The van der Waals surface area contributed by atoms with Gasteiger partial charge in [0.05, 0.1) is 0 Å². The van der Waals surface area contributed by atoms with Gasteiger partial charge in [-0.3, -0.25) is 0 Å². The summed E-state index contributed by atoms with van der Waals surface area (Å²) in [4.78, 5) is 11.5. The normalized spacial score (nSPS) is 26.2. The van der Waals surface area contributed by atoms with Crippen LogP contribution in [0.1, 0.15) is 25.3 Å². The molecule has 0 N–H and O–H groups in total. The molecule has 0 saturated carbocycles. The first-order chi connectivity index (χ1) is 7.12. The standard InChI is InChI=1S/C13H14O2/c1-10-8-9-13(2,15-12(10)14)11-6-4-3-5-7-11/h3-7H,1,8-9H2,2H3. The Morgan fingerprint density at radius 2 is 2.00 bits per heavy atom. The Kier molecular flexibility index (Phi) is 2.35. The Balaban J connectivity index is 2.29. The molecule has 2 nitrogen and oxygen atoms in total. The van der Waals surface area contributed by atoms with E-state index in [2.05, 4.69) is 6.58 Å². The lowest BCUT2D eigenvalue weighted by Gasteiger charge is -2.34. The summed E-state index contributed by atoms with van der Waals surface area (Å²) in [5.41, 5.74) is 1.13. The third-order valence-electron chi connectivity index (χ3n) is 2.89. The van der Waals surface area contributed by atoms with E-state index in [1.807, 2.05) is 37.3 Å². The van der Waals surface area contributed by atoms with E-state index in [-0.39, 0.29) is 5.97 Å². The van der Waals surface area contributed by atoms with Gasteiger partial charge in [0.2, 0.25) is 0 Å². The Bertz CT molecular complexity index is 394. The number of rotatable bonds is 1. The molecule has 1 saturated heterocycles. The second kappa shape index (κ2) is 3.54. The van der Waals surface area contributed by atoms with Gasteiger partial charge < -0.3 is 4.74 Å². The van der Waals surface area contributed by atoms with Crippen LogP contribution in [0.5, 0.6) is 0 Å². The molecule has 0 aromatic heterocycles. The van der Waals surface area contributed by atoms with E-state index < -0.39 is 5.60 Å². The SMILES string of the molecule is C=C1CCC(C)(c2ccccc2)OC1=O. The Morgan fingerprint density at radius 1 is 1.33 bits per heavy atom. The molecule has 0 radical (unpaired) electrons. The number of benzene rings is 1. The van der Waals surface area contributed by atoms with Gasteiger partial charge in [0.15, 0.2) is 0 Å². The van der Waals surface area contributed by atoms with Crippen LogP contribution < -0.4 is 0 Å². The van der Waals surface area contributed by atoms with Gasteiger partial charge in [0, 0.05) is 5.57 Å². The van der Waals surface area contributed by atoms with Crippen LogP contribution in [0.15, 0.2) is 42.5 Å². The van der Waals surface area contributed by atoms with Crippen LogP contribution in [0.3, 0.4) is 0 Å². The molecule has 1 aromatic carbocycles. The van der Waals surface area contributed by atoms with Crippen molar-refractivity contribution >= 4 is 5.97 Å². The van der Waals surface area contributed by atoms with E-state index in [4.69, 9.17) is 4.74 Å². The molecule has 0 aliphatic carbocycles. The number of ether oxygens (including phenoxy) is 1. The van der Waals surface area contributed by atoms with Gasteiger partial charge in [0.1, 0.15) is 5.60 Å². The maximum Gasteiger partial charge on any atom is 0.334 e. The maximum atomic E-state index is 11.5. The molecule has 2 heteroatoms. The number of cyclic esters (lactones) is 1. The Labute approximate surface area is 89.6 Å². The summed E-state index contributed by atoms with van der Waals surface area (Å²) in [6.07, 6.45) is 1.52. The van der Waals surface area contributed by atoms with Crippen molar-refractivity contribution in [2.75, 3.05) is 0 Å². The van der Waals surface area contributed by atoms with Crippen molar-refractivity contribution in [3.05, 3.63) is 48.0 Å². The lowest BCUT2D eigenvalue weighted by molar-refractivity contribution is -0.159. The zero-order valence-corrected chi connectivity index (χ0v) is 8.82. The van der Waals surface area contributed by atoms with Crippen LogP contribution in [0.25, 0.3) is 0 Å². The first-order valence-electron chi connectivity index (χ1n) is 5.08. The smallest absolute Gasteiger partial charge is 0.334 e. The van der Waals surface area contributed by atoms with E-state index in [1.165, 1.54) is 0 Å². The molecule has 1 unspecified atom stereocenters. The molecule has 1 aliphatic heterocycles. The van der Waals surface area contributed by atoms with Crippen LogP contribution in [0.2, 0.25) is 0 Å². The quantitative estimate of drug-likeness (QED) is 0.517. The van der Waals surface area contributed by atoms with Crippen LogP contribution in [0, 0.1) is 0 Å². The molecular formula is C13H14O2. The first-order valence-corrected chi connectivity index (χ1v) is 5.08. The summed E-state index contributed by atoms with van der Waals surface area (Å²) in [6, 6.07) is 9.84. The van der Waals surface area contributed by atoms with Gasteiger partial charge in [-0.2, -0.15) is 0 Å². The molecule has 1 atom stereocenters. The number of hydrogen-bond acceptors (Lipinski definition) is 2. The predicted octanol–water partition coefficient (Wildman–Crippen LogP) is 2.80. The summed E-state index contributed by atoms with van der Waals surface area (Å²) in [6.45, 7) is 5.63. The number of esters is 1. The molecule has 1 aliphatic rings. The predicted molar refractivity (Wildman–Crippen MR) is 58.3 cm³/mol. The van der Waals surface area contributed by atoms with Crippen molar-refractivity contribution in [3.8, 4) is 0 Å².